The molecule has 1 atom stereocenters. The molecule has 0 aliphatic carbocycles. The first-order valence-corrected chi connectivity index (χ1v) is 7.78. The van der Waals surface area contributed by atoms with Crippen LogP contribution in [0.5, 0.6) is 11.5 Å². The molecule has 1 aliphatic rings. The Labute approximate surface area is 141 Å². The van der Waals surface area contributed by atoms with E-state index in [2.05, 4.69) is 5.10 Å². The van der Waals surface area contributed by atoms with E-state index in [1.54, 1.807) is 19.2 Å². The monoisotopic (exact) mass is 324 g/mol. The summed E-state index contributed by atoms with van der Waals surface area (Å²) in [5.41, 5.74) is 2.94. The molecule has 0 aromatic heterocycles. The number of carbonyl (C=O) groups excluding carboxylic acids is 1. The number of rotatable bonds is 4. The highest BCUT2D eigenvalue weighted by Gasteiger charge is 2.31. The van der Waals surface area contributed by atoms with Crippen LogP contribution in [0.2, 0.25) is 0 Å². The van der Waals surface area contributed by atoms with Crippen LogP contribution in [0.15, 0.2) is 53.6 Å². The van der Waals surface area contributed by atoms with Gasteiger partial charge in [0.1, 0.15) is 11.5 Å². The van der Waals surface area contributed by atoms with Crippen molar-refractivity contribution >= 4 is 11.6 Å². The molecule has 0 unspecified atom stereocenters. The van der Waals surface area contributed by atoms with E-state index in [1.165, 1.54) is 6.92 Å². The van der Waals surface area contributed by atoms with Crippen LogP contribution < -0.4 is 9.47 Å². The zero-order valence-electron chi connectivity index (χ0n) is 14.0. The maximum atomic E-state index is 12.0. The zero-order chi connectivity index (χ0) is 17.1. The molecule has 0 fully saturated rings. The summed E-state index contributed by atoms with van der Waals surface area (Å²) in [6, 6.07) is 15.4. The Morgan fingerprint density at radius 3 is 2.04 bits per heavy atom. The van der Waals surface area contributed by atoms with Gasteiger partial charge in [0.2, 0.25) is 5.91 Å². The Morgan fingerprint density at radius 2 is 1.54 bits per heavy atom. The highest BCUT2D eigenvalue weighted by molar-refractivity contribution is 6.03. The minimum atomic E-state index is -0.0921. The van der Waals surface area contributed by atoms with Crippen molar-refractivity contribution in [3.63, 3.8) is 0 Å². The highest BCUT2D eigenvalue weighted by Crippen LogP contribution is 2.33. The first-order chi connectivity index (χ1) is 11.6. The summed E-state index contributed by atoms with van der Waals surface area (Å²) >= 11 is 0. The van der Waals surface area contributed by atoms with Crippen molar-refractivity contribution in [2.75, 3.05) is 14.2 Å². The van der Waals surface area contributed by atoms with Crippen molar-refractivity contribution < 1.29 is 14.3 Å². The molecular weight excluding hydrogens is 304 g/mol. The Hall–Kier alpha value is -2.82. The number of hydrogen-bond acceptors (Lipinski definition) is 4. The molecule has 2 aromatic carbocycles. The van der Waals surface area contributed by atoms with E-state index in [4.69, 9.17) is 9.47 Å². The van der Waals surface area contributed by atoms with Crippen molar-refractivity contribution in [3.8, 4) is 11.5 Å². The normalized spacial score (nSPS) is 16.7. The summed E-state index contributed by atoms with van der Waals surface area (Å²) in [6.07, 6.45) is 0.679. The lowest BCUT2D eigenvalue weighted by Crippen LogP contribution is -2.24. The number of hydrazone groups is 1. The van der Waals surface area contributed by atoms with Crippen molar-refractivity contribution in [1.29, 1.82) is 0 Å². The lowest BCUT2D eigenvalue weighted by atomic mass is 9.98. The maximum absolute atomic E-state index is 12.0. The summed E-state index contributed by atoms with van der Waals surface area (Å²) in [5, 5.41) is 6.10. The van der Waals surface area contributed by atoms with Gasteiger partial charge in [0.05, 0.1) is 26.0 Å². The van der Waals surface area contributed by atoms with Crippen LogP contribution in [-0.4, -0.2) is 30.8 Å². The summed E-state index contributed by atoms with van der Waals surface area (Å²) in [5.74, 6) is 1.52. The molecule has 3 rings (SSSR count). The van der Waals surface area contributed by atoms with Crippen LogP contribution in [0.25, 0.3) is 0 Å². The van der Waals surface area contributed by atoms with Gasteiger partial charge >= 0.3 is 0 Å². The third-order valence-electron chi connectivity index (χ3n) is 4.16. The average Bonchev–Trinajstić information content (AvgIpc) is 3.07. The van der Waals surface area contributed by atoms with E-state index in [0.29, 0.717) is 6.42 Å². The van der Waals surface area contributed by atoms with Crippen molar-refractivity contribution in [2.24, 2.45) is 5.10 Å². The van der Waals surface area contributed by atoms with E-state index >= 15 is 0 Å². The van der Waals surface area contributed by atoms with Crippen molar-refractivity contribution in [3.05, 3.63) is 59.7 Å². The van der Waals surface area contributed by atoms with E-state index in [9.17, 15) is 4.79 Å². The zero-order valence-corrected chi connectivity index (χ0v) is 14.0. The fourth-order valence-electron chi connectivity index (χ4n) is 2.84. The van der Waals surface area contributed by atoms with E-state index in [-0.39, 0.29) is 11.9 Å². The number of ether oxygens (including phenoxy) is 2. The van der Waals surface area contributed by atoms with Gasteiger partial charge in [0.15, 0.2) is 0 Å². The van der Waals surface area contributed by atoms with E-state index in [0.717, 1.165) is 28.3 Å². The van der Waals surface area contributed by atoms with Crippen molar-refractivity contribution in [1.82, 2.24) is 5.01 Å². The van der Waals surface area contributed by atoms with E-state index < -0.39 is 0 Å². The van der Waals surface area contributed by atoms with Crippen LogP contribution in [0.1, 0.15) is 30.5 Å². The van der Waals surface area contributed by atoms with Crippen LogP contribution in [0.3, 0.4) is 0 Å². The van der Waals surface area contributed by atoms with Gasteiger partial charge in [0, 0.05) is 13.3 Å². The first-order valence-electron chi connectivity index (χ1n) is 7.78. The molecule has 0 saturated carbocycles. The molecule has 24 heavy (non-hydrogen) atoms. The molecule has 0 spiro atoms. The fourth-order valence-corrected chi connectivity index (χ4v) is 2.84. The molecule has 0 bridgehead atoms. The van der Waals surface area contributed by atoms with Crippen molar-refractivity contribution in [2.45, 2.75) is 19.4 Å². The minimum Gasteiger partial charge on any atom is -0.497 e. The van der Waals surface area contributed by atoms with Gasteiger partial charge in [-0.1, -0.05) is 12.1 Å². The van der Waals surface area contributed by atoms with Crippen LogP contribution in [-0.2, 0) is 4.79 Å². The van der Waals surface area contributed by atoms with Gasteiger partial charge in [-0.25, -0.2) is 5.01 Å². The number of benzene rings is 2. The molecule has 0 radical (unpaired) electrons. The molecule has 2 aromatic rings. The third kappa shape index (κ3) is 3.11. The predicted octanol–water partition coefficient (Wildman–Crippen LogP) is 3.40. The molecule has 0 saturated heterocycles. The molecule has 0 N–H and O–H groups in total. The molecule has 1 heterocycles. The number of methoxy groups -OCH3 is 2. The summed E-state index contributed by atoms with van der Waals surface area (Å²) in [7, 11) is 3.27. The summed E-state index contributed by atoms with van der Waals surface area (Å²) < 4.78 is 10.4. The highest BCUT2D eigenvalue weighted by atomic mass is 16.5. The summed E-state index contributed by atoms with van der Waals surface area (Å²) in [6.45, 7) is 1.54. The Bertz CT molecular complexity index is 751. The predicted molar refractivity (Wildman–Crippen MR) is 92.4 cm³/mol. The third-order valence-corrected chi connectivity index (χ3v) is 4.16. The molecule has 1 aliphatic heterocycles. The Morgan fingerprint density at radius 1 is 1.00 bits per heavy atom. The lowest BCUT2D eigenvalue weighted by molar-refractivity contribution is -0.130. The second-order valence-electron chi connectivity index (χ2n) is 5.63. The Balaban J connectivity index is 1.88. The number of carbonyl (C=O) groups is 1. The van der Waals surface area contributed by atoms with E-state index in [1.807, 2.05) is 48.5 Å². The molecule has 5 heteroatoms. The SMILES string of the molecule is COc1ccc(C2=NN(C(C)=O)[C@H](c3ccc(OC)cc3)C2)cc1. The fraction of sp³-hybridized carbons (Fsp3) is 0.263. The molecule has 5 nitrogen and oxygen atoms in total. The smallest absolute Gasteiger partial charge is 0.240 e. The largest absolute Gasteiger partial charge is 0.497 e. The van der Waals surface area contributed by atoms with Crippen LogP contribution >= 0.6 is 0 Å². The van der Waals surface area contributed by atoms with Gasteiger partial charge in [0.25, 0.3) is 0 Å². The van der Waals surface area contributed by atoms with Gasteiger partial charge < -0.3 is 9.47 Å². The number of nitrogens with zero attached hydrogens (tertiary/aromatic N) is 2. The maximum Gasteiger partial charge on any atom is 0.240 e. The number of amides is 1. The van der Waals surface area contributed by atoms with Gasteiger partial charge in [-0.3, -0.25) is 4.79 Å². The average molecular weight is 324 g/mol. The standard InChI is InChI=1S/C19H20N2O3/c1-13(22)21-19(15-6-10-17(24-3)11-7-15)12-18(20-21)14-4-8-16(23-2)9-5-14/h4-11,19H,12H2,1-3H3/t19-/m0/s1. The minimum absolute atomic E-state index is 0.0701. The van der Waals surface area contributed by atoms with Crippen LogP contribution in [0, 0.1) is 0 Å². The lowest BCUT2D eigenvalue weighted by Gasteiger charge is -2.20. The quantitative estimate of drug-likeness (QED) is 0.866. The topological polar surface area (TPSA) is 51.1 Å². The molecular formula is C19H20N2O3. The first kappa shape index (κ1) is 16.1. The van der Waals surface area contributed by atoms with Crippen LogP contribution in [0.4, 0.5) is 0 Å². The van der Waals surface area contributed by atoms with Gasteiger partial charge in [-0.15, -0.1) is 0 Å². The number of hydrogen-bond donors (Lipinski definition) is 0. The summed E-state index contributed by atoms with van der Waals surface area (Å²) in [4.78, 5) is 12.0. The second-order valence-corrected chi connectivity index (χ2v) is 5.63. The Kier molecular flexibility index (Phi) is 4.51. The molecule has 1 amide bonds. The molecule has 124 valence electrons. The van der Waals surface area contributed by atoms with Gasteiger partial charge in [-0.05, 0) is 47.5 Å². The van der Waals surface area contributed by atoms with Gasteiger partial charge in [-0.2, -0.15) is 5.10 Å². The second kappa shape index (κ2) is 6.74.